The summed E-state index contributed by atoms with van der Waals surface area (Å²) < 4.78 is 10.7. The number of hydrogen-bond acceptors (Lipinski definition) is 8. The maximum atomic E-state index is 13.0. The Labute approximate surface area is 240 Å². The van der Waals surface area contributed by atoms with Crippen molar-refractivity contribution in [1.29, 1.82) is 0 Å². The van der Waals surface area contributed by atoms with Crippen LogP contribution in [0, 0.1) is 5.92 Å². The molecule has 1 unspecified atom stereocenters. The second kappa shape index (κ2) is 13.6. The molecule has 1 aromatic heterocycles. The molecule has 0 N–H and O–H groups in total. The Balaban J connectivity index is 1.29. The van der Waals surface area contributed by atoms with Crippen LogP contribution in [-0.4, -0.2) is 90.8 Å². The van der Waals surface area contributed by atoms with Crippen molar-refractivity contribution < 1.29 is 19.1 Å². The normalized spacial score (nSPS) is 17.8. The molecule has 2 heterocycles. The zero-order valence-corrected chi connectivity index (χ0v) is 24.8. The van der Waals surface area contributed by atoms with Gasteiger partial charge < -0.3 is 24.2 Å². The van der Waals surface area contributed by atoms with Gasteiger partial charge in [0.1, 0.15) is 11.0 Å². The number of piperazine rings is 1. The van der Waals surface area contributed by atoms with Gasteiger partial charge in [-0.1, -0.05) is 42.3 Å². The Morgan fingerprint density at radius 3 is 2.54 bits per heavy atom. The average molecular weight is 576 g/mol. The van der Waals surface area contributed by atoms with Gasteiger partial charge in [0.2, 0.25) is 11.8 Å². The number of carbonyl (C=O) groups excluding carboxylic acids is 2. The van der Waals surface area contributed by atoms with Gasteiger partial charge in [-0.15, -0.1) is 0 Å². The van der Waals surface area contributed by atoms with Crippen molar-refractivity contribution in [2.75, 3.05) is 58.1 Å². The molecule has 2 fully saturated rings. The van der Waals surface area contributed by atoms with Gasteiger partial charge in [-0.3, -0.25) is 9.59 Å². The predicted octanol–water partition coefficient (Wildman–Crippen LogP) is 4.17. The van der Waals surface area contributed by atoms with E-state index in [9.17, 15) is 9.59 Å². The molecule has 1 aromatic carbocycles. The molecule has 4 rings (SSSR count). The number of halogens is 1. The third-order valence-electron chi connectivity index (χ3n) is 7.53. The van der Waals surface area contributed by atoms with Crippen LogP contribution in [0.3, 0.4) is 0 Å². The highest BCUT2D eigenvalue weighted by atomic mass is 35.5. The highest BCUT2D eigenvalue weighted by Crippen LogP contribution is 2.30. The van der Waals surface area contributed by atoms with Gasteiger partial charge in [-0.2, -0.15) is 0 Å². The van der Waals surface area contributed by atoms with Crippen LogP contribution in [0.4, 0.5) is 5.82 Å². The first-order chi connectivity index (χ1) is 18.8. The van der Waals surface area contributed by atoms with Gasteiger partial charge in [0.05, 0.1) is 20.0 Å². The van der Waals surface area contributed by atoms with Gasteiger partial charge >= 0.3 is 0 Å². The second-order valence-corrected chi connectivity index (χ2v) is 11.5. The summed E-state index contributed by atoms with van der Waals surface area (Å²) in [6.45, 7) is 4.71. The molecule has 1 saturated carbocycles. The zero-order chi connectivity index (χ0) is 27.9. The summed E-state index contributed by atoms with van der Waals surface area (Å²) in [6.07, 6.45) is 5.02. The van der Waals surface area contributed by atoms with Gasteiger partial charge in [0.25, 0.3) is 0 Å². The third-order valence-corrected chi connectivity index (χ3v) is 8.56. The topological polar surface area (TPSA) is 88.1 Å². The highest BCUT2D eigenvalue weighted by molar-refractivity contribution is 7.99. The standard InChI is InChI=1S/C28H38ClN5O4S/c1-19-17-33(13-14-34(19)27(36)21-7-5-6-8-21)25-16-24(29)30-28(31-25)39-18-26(35)32(2)12-11-20-9-10-22(37-3)23(15-20)38-4/h9-10,15-16,19,21H,5-8,11-14,17-18H2,1-4H3. The summed E-state index contributed by atoms with van der Waals surface area (Å²) in [5.41, 5.74) is 1.06. The Bertz CT molecular complexity index is 1160. The molecule has 1 aliphatic carbocycles. The predicted molar refractivity (Wildman–Crippen MR) is 154 cm³/mol. The number of amides is 2. The summed E-state index contributed by atoms with van der Waals surface area (Å²) in [7, 11) is 5.01. The smallest absolute Gasteiger partial charge is 0.232 e. The van der Waals surface area contributed by atoms with Crippen LogP contribution in [0.2, 0.25) is 5.15 Å². The fourth-order valence-electron chi connectivity index (χ4n) is 5.21. The number of thioether (sulfide) groups is 1. The maximum Gasteiger partial charge on any atom is 0.232 e. The zero-order valence-electron chi connectivity index (χ0n) is 23.2. The van der Waals surface area contributed by atoms with Crippen LogP contribution < -0.4 is 14.4 Å². The number of methoxy groups -OCH3 is 2. The van der Waals surface area contributed by atoms with Crippen LogP contribution >= 0.6 is 23.4 Å². The minimum atomic E-state index is -0.0155. The van der Waals surface area contributed by atoms with Crippen molar-refractivity contribution >= 4 is 41.0 Å². The van der Waals surface area contributed by atoms with E-state index in [4.69, 9.17) is 26.1 Å². The summed E-state index contributed by atoms with van der Waals surface area (Å²) in [5, 5.41) is 0.810. The van der Waals surface area contributed by atoms with E-state index in [0.29, 0.717) is 60.3 Å². The van der Waals surface area contributed by atoms with Crippen LogP contribution in [0.1, 0.15) is 38.2 Å². The van der Waals surface area contributed by atoms with Gasteiger partial charge in [0.15, 0.2) is 16.7 Å². The maximum absolute atomic E-state index is 13.0. The number of rotatable bonds is 10. The fourth-order valence-corrected chi connectivity index (χ4v) is 6.23. The Morgan fingerprint density at radius 2 is 1.85 bits per heavy atom. The highest BCUT2D eigenvalue weighted by Gasteiger charge is 2.33. The molecule has 9 nitrogen and oxygen atoms in total. The molecule has 39 heavy (non-hydrogen) atoms. The van der Waals surface area contributed by atoms with E-state index in [1.165, 1.54) is 11.8 Å². The number of aromatic nitrogens is 2. The molecule has 0 radical (unpaired) electrons. The molecule has 1 saturated heterocycles. The number of likely N-dealkylation sites (N-methyl/N-ethyl adjacent to an activating group) is 1. The van der Waals surface area contributed by atoms with Crippen molar-refractivity contribution in [3.8, 4) is 11.5 Å². The van der Waals surface area contributed by atoms with E-state index in [0.717, 1.165) is 37.1 Å². The molecule has 2 amide bonds. The summed E-state index contributed by atoms with van der Waals surface area (Å²) >= 11 is 7.62. The van der Waals surface area contributed by atoms with Crippen molar-refractivity contribution in [1.82, 2.24) is 19.8 Å². The van der Waals surface area contributed by atoms with Crippen LogP contribution in [0.25, 0.3) is 0 Å². The lowest BCUT2D eigenvalue weighted by atomic mass is 10.0. The van der Waals surface area contributed by atoms with E-state index in [2.05, 4.69) is 16.8 Å². The molecule has 1 atom stereocenters. The fraction of sp³-hybridized carbons (Fsp3) is 0.571. The van der Waals surface area contributed by atoms with E-state index in [1.807, 2.05) is 23.1 Å². The Morgan fingerprint density at radius 1 is 1.10 bits per heavy atom. The molecular weight excluding hydrogens is 538 g/mol. The molecule has 2 aliphatic rings. The van der Waals surface area contributed by atoms with Gasteiger partial charge in [-0.25, -0.2) is 9.97 Å². The largest absolute Gasteiger partial charge is 0.493 e. The molecule has 2 aromatic rings. The molecule has 0 spiro atoms. The molecule has 0 bridgehead atoms. The molecule has 11 heteroatoms. The first-order valence-corrected chi connectivity index (χ1v) is 14.8. The number of carbonyl (C=O) groups is 2. The lowest BCUT2D eigenvalue weighted by Gasteiger charge is -2.41. The molecule has 212 valence electrons. The number of anilines is 1. The van der Waals surface area contributed by atoms with Crippen LogP contribution in [0.5, 0.6) is 11.5 Å². The quantitative estimate of drug-likeness (QED) is 0.237. The lowest BCUT2D eigenvalue weighted by Crippen LogP contribution is -2.55. The SMILES string of the molecule is COc1ccc(CCN(C)C(=O)CSc2nc(Cl)cc(N3CCN(C(=O)C4CCCC4)C(C)C3)n2)cc1OC. The van der Waals surface area contributed by atoms with E-state index in [-0.39, 0.29) is 23.6 Å². The van der Waals surface area contributed by atoms with Crippen LogP contribution in [0.15, 0.2) is 29.4 Å². The Kier molecular flexibility index (Phi) is 10.2. The van der Waals surface area contributed by atoms with Gasteiger partial charge in [0, 0.05) is 51.3 Å². The van der Waals surface area contributed by atoms with Crippen LogP contribution in [-0.2, 0) is 16.0 Å². The monoisotopic (exact) mass is 575 g/mol. The molecule has 1 aliphatic heterocycles. The van der Waals surface area contributed by atoms with E-state index in [1.54, 1.807) is 32.2 Å². The Hall–Kier alpha value is -2.72. The van der Waals surface area contributed by atoms with E-state index >= 15 is 0 Å². The minimum absolute atomic E-state index is 0.0155. The number of ether oxygens (including phenoxy) is 2. The minimum Gasteiger partial charge on any atom is -0.493 e. The van der Waals surface area contributed by atoms with E-state index < -0.39 is 0 Å². The summed E-state index contributed by atoms with van der Waals surface area (Å²) in [6, 6.07) is 7.62. The van der Waals surface area contributed by atoms with Crippen molar-refractivity contribution in [3.05, 3.63) is 35.0 Å². The average Bonchev–Trinajstić information content (AvgIpc) is 3.49. The first kappa shape index (κ1) is 29.3. The number of hydrogen-bond donors (Lipinski definition) is 0. The second-order valence-electron chi connectivity index (χ2n) is 10.2. The third kappa shape index (κ3) is 7.48. The van der Waals surface area contributed by atoms with Crippen molar-refractivity contribution in [2.24, 2.45) is 5.92 Å². The first-order valence-electron chi connectivity index (χ1n) is 13.5. The summed E-state index contributed by atoms with van der Waals surface area (Å²) in [5.74, 6) is 2.75. The van der Waals surface area contributed by atoms with Crippen molar-refractivity contribution in [3.63, 3.8) is 0 Å². The number of benzene rings is 1. The number of nitrogens with zero attached hydrogens (tertiary/aromatic N) is 5. The molecular formula is C28H38ClN5O4S. The lowest BCUT2D eigenvalue weighted by molar-refractivity contribution is -0.137. The van der Waals surface area contributed by atoms with Gasteiger partial charge in [-0.05, 0) is 43.9 Å². The summed E-state index contributed by atoms with van der Waals surface area (Å²) in [4.78, 5) is 40.7. The van der Waals surface area contributed by atoms with Crippen molar-refractivity contribution in [2.45, 2.75) is 50.2 Å².